The molecule has 0 unspecified atom stereocenters. The van der Waals surface area contributed by atoms with Crippen LogP contribution in [0.2, 0.25) is 0 Å². The molecule has 3 aromatic rings. The SMILES string of the molecule is C[C@]1(c2cccc3ccccc23)NC(=O)N(CC(=O)N2CCN(C(=O)c3cccs3)CC2)C1=O. The van der Waals surface area contributed by atoms with Crippen LogP contribution in [0.1, 0.15) is 22.2 Å². The minimum atomic E-state index is -1.26. The molecule has 0 saturated carbocycles. The maximum Gasteiger partial charge on any atom is 0.325 e. The lowest BCUT2D eigenvalue weighted by Gasteiger charge is -2.35. The number of fused-ring (bicyclic) bond motifs is 1. The normalized spacial score (nSPS) is 20.7. The van der Waals surface area contributed by atoms with Crippen LogP contribution in [-0.2, 0) is 15.1 Å². The quantitative estimate of drug-likeness (QED) is 0.587. The maximum absolute atomic E-state index is 13.4. The maximum atomic E-state index is 13.4. The molecule has 174 valence electrons. The average Bonchev–Trinajstić information content (AvgIpc) is 3.47. The van der Waals surface area contributed by atoms with E-state index < -0.39 is 17.5 Å². The van der Waals surface area contributed by atoms with Crippen LogP contribution in [-0.4, -0.2) is 71.2 Å². The molecule has 5 amide bonds. The fourth-order valence-electron chi connectivity index (χ4n) is 4.63. The molecule has 2 aliphatic rings. The molecular weight excluding hydrogens is 452 g/mol. The van der Waals surface area contributed by atoms with E-state index >= 15 is 0 Å². The predicted molar refractivity (Wildman–Crippen MR) is 128 cm³/mol. The second kappa shape index (κ2) is 8.57. The van der Waals surface area contributed by atoms with Crippen LogP contribution in [0.25, 0.3) is 10.8 Å². The number of urea groups is 1. The third kappa shape index (κ3) is 3.71. The number of benzene rings is 2. The number of amides is 5. The summed E-state index contributed by atoms with van der Waals surface area (Å²) in [4.78, 5) is 56.6. The number of piperazine rings is 1. The summed E-state index contributed by atoms with van der Waals surface area (Å²) >= 11 is 1.39. The molecule has 9 heteroatoms. The molecule has 5 rings (SSSR count). The topological polar surface area (TPSA) is 90.0 Å². The van der Waals surface area contributed by atoms with E-state index in [-0.39, 0.29) is 18.4 Å². The number of imide groups is 1. The van der Waals surface area contributed by atoms with Crippen molar-refractivity contribution in [2.24, 2.45) is 0 Å². The Kier molecular flexibility index (Phi) is 5.57. The number of hydrogen-bond acceptors (Lipinski definition) is 5. The fraction of sp³-hybridized carbons (Fsp3) is 0.280. The van der Waals surface area contributed by atoms with Crippen molar-refractivity contribution in [3.05, 3.63) is 70.4 Å². The summed E-state index contributed by atoms with van der Waals surface area (Å²) in [6, 6.07) is 16.4. The largest absolute Gasteiger partial charge is 0.338 e. The van der Waals surface area contributed by atoms with Gasteiger partial charge in [-0.3, -0.25) is 19.3 Å². The highest BCUT2D eigenvalue weighted by Crippen LogP contribution is 2.33. The van der Waals surface area contributed by atoms with Gasteiger partial charge < -0.3 is 15.1 Å². The van der Waals surface area contributed by atoms with E-state index in [9.17, 15) is 19.2 Å². The van der Waals surface area contributed by atoms with Crippen molar-refractivity contribution in [2.75, 3.05) is 32.7 Å². The van der Waals surface area contributed by atoms with E-state index in [0.717, 1.165) is 15.7 Å². The summed E-state index contributed by atoms with van der Waals surface area (Å²) in [5.41, 5.74) is -0.566. The summed E-state index contributed by atoms with van der Waals surface area (Å²) < 4.78 is 0. The second-order valence-electron chi connectivity index (χ2n) is 8.62. The van der Waals surface area contributed by atoms with E-state index in [0.29, 0.717) is 36.6 Å². The highest BCUT2D eigenvalue weighted by atomic mass is 32.1. The molecule has 0 aliphatic carbocycles. The minimum absolute atomic E-state index is 0.0398. The Hall–Kier alpha value is -3.72. The Balaban J connectivity index is 1.27. The standard InChI is InChI=1S/C25H24N4O4S/c1-25(19-9-4-7-17-6-2-3-8-18(17)19)23(32)29(24(33)26-25)16-21(30)27-11-13-28(14-12-27)22(31)20-10-5-15-34-20/h2-10,15H,11-14,16H2,1H3,(H,26,33)/t25-/m1/s1. The molecule has 3 heterocycles. The molecule has 2 fully saturated rings. The number of carbonyl (C=O) groups is 4. The van der Waals surface area contributed by atoms with E-state index in [2.05, 4.69) is 5.32 Å². The molecule has 2 saturated heterocycles. The van der Waals surface area contributed by atoms with E-state index in [1.807, 2.05) is 53.9 Å². The van der Waals surface area contributed by atoms with E-state index in [4.69, 9.17) is 0 Å². The Bertz CT molecular complexity index is 1280. The molecule has 0 spiro atoms. The van der Waals surface area contributed by atoms with Crippen molar-refractivity contribution < 1.29 is 19.2 Å². The van der Waals surface area contributed by atoms with E-state index in [1.54, 1.807) is 22.8 Å². The molecule has 2 aliphatic heterocycles. The smallest absolute Gasteiger partial charge is 0.325 e. The first-order valence-corrected chi connectivity index (χ1v) is 12.0. The lowest BCUT2D eigenvalue weighted by atomic mass is 9.88. The lowest BCUT2D eigenvalue weighted by Crippen LogP contribution is -2.53. The minimum Gasteiger partial charge on any atom is -0.338 e. The Morgan fingerprint density at radius 3 is 2.38 bits per heavy atom. The summed E-state index contributed by atoms with van der Waals surface area (Å²) in [7, 11) is 0. The monoisotopic (exact) mass is 476 g/mol. The molecular formula is C25H24N4O4S. The summed E-state index contributed by atoms with van der Waals surface area (Å²) in [6.45, 7) is 2.89. The van der Waals surface area contributed by atoms with Gasteiger partial charge in [-0.2, -0.15) is 0 Å². The van der Waals surface area contributed by atoms with Crippen molar-refractivity contribution in [1.29, 1.82) is 0 Å². The summed E-state index contributed by atoms with van der Waals surface area (Å²) in [6.07, 6.45) is 0. The van der Waals surface area contributed by atoms with Crippen LogP contribution >= 0.6 is 11.3 Å². The van der Waals surface area contributed by atoms with Crippen molar-refractivity contribution in [3.63, 3.8) is 0 Å². The van der Waals surface area contributed by atoms with E-state index in [1.165, 1.54) is 11.3 Å². The van der Waals surface area contributed by atoms with Gasteiger partial charge in [0, 0.05) is 26.2 Å². The van der Waals surface area contributed by atoms with Crippen molar-refractivity contribution in [3.8, 4) is 0 Å². The van der Waals surface area contributed by atoms with Crippen molar-refractivity contribution in [2.45, 2.75) is 12.5 Å². The number of carbonyl (C=O) groups excluding carboxylic acids is 4. The lowest BCUT2D eigenvalue weighted by molar-refractivity contribution is -0.139. The Morgan fingerprint density at radius 1 is 0.941 bits per heavy atom. The number of nitrogens with zero attached hydrogens (tertiary/aromatic N) is 3. The first-order valence-electron chi connectivity index (χ1n) is 11.1. The van der Waals surface area contributed by atoms with Crippen LogP contribution in [0.15, 0.2) is 60.0 Å². The summed E-state index contributed by atoms with van der Waals surface area (Å²) in [5, 5.41) is 6.50. The van der Waals surface area contributed by atoms with Gasteiger partial charge in [0.2, 0.25) is 5.91 Å². The Morgan fingerprint density at radius 2 is 1.65 bits per heavy atom. The zero-order chi connectivity index (χ0) is 23.9. The van der Waals surface area contributed by atoms with Crippen LogP contribution < -0.4 is 5.32 Å². The van der Waals surface area contributed by atoms with Crippen LogP contribution in [0.5, 0.6) is 0 Å². The summed E-state index contributed by atoms with van der Waals surface area (Å²) in [5.74, 6) is -0.801. The number of rotatable bonds is 4. The zero-order valence-corrected chi connectivity index (χ0v) is 19.5. The molecule has 0 bridgehead atoms. The highest BCUT2D eigenvalue weighted by molar-refractivity contribution is 7.12. The number of hydrogen-bond donors (Lipinski definition) is 1. The number of nitrogens with one attached hydrogen (secondary N) is 1. The molecule has 0 radical (unpaired) electrons. The van der Waals surface area contributed by atoms with Crippen LogP contribution in [0.3, 0.4) is 0 Å². The highest BCUT2D eigenvalue weighted by Gasteiger charge is 2.50. The van der Waals surface area contributed by atoms with Gasteiger partial charge in [-0.15, -0.1) is 11.3 Å². The van der Waals surface area contributed by atoms with Gasteiger partial charge in [0.05, 0.1) is 4.88 Å². The molecule has 1 atom stereocenters. The van der Waals surface area contributed by atoms with Crippen molar-refractivity contribution in [1.82, 2.24) is 20.0 Å². The van der Waals surface area contributed by atoms with Gasteiger partial charge in [0.1, 0.15) is 12.1 Å². The molecule has 8 nitrogen and oxygen atoms in total. The molecule has 34 heavy (non-hydrogen) atoms. The number of thiophene rings is 1. The van der Waals surface area contributed by atoms with Gasteiger partial charge in [0.15, 0.2) is 0 Å². The first kappa shape index (κ1) is 22.1. The van der Waals surface area contributed by atoms with Crippen LogP contribution in [0.4, 0.5) is 4.79 Å². The zero-order valence-electron chi connectivity index (χ0n) is 18.7. The Labute approximate surface area is 200 Å². The first-order chi connectivity index (χ1) is 16.4. The predicted octanol–water partition coefficient (Wildman–Crippen LogP) is 2.65. The third-order valence-electron chi connectivity index (χ3n) is 6.55. The molecule has 1 N–H and O–H groups in total. The molecule has 2 aromatic carbocycles. The van der Waals surface area contributed by atoms with Gasteiger partial charge in [-0.25, -0.2) is 4.79 Å². The van der Waals surface area contributed by atoms with Crippen molar-refractivity contribution >= 4 is 45.9 Å². The van der Waals surface area contributed by atoms with Gasteiger partial charge in [0.25, 0.3) is 11.8 Å². The van der Waals surface area contributed by atoms with Gasteiger partial charge in [-0.05, 0) is 34.7 Å². The van der Waals surface area contributed by atoms with Gasteiger partial charge in [-0.1, -0.05) is 48.5 Å². The average molecular weight is 477 g/mol. The second-order valence-corrected chi connectivity index (χ2v) is 9.57. The van der Waals surface area contributed by atoms with Gasteiger partial charge >= 0.3 is 6.03 Å². The third-order valence-corrected chi connectivity index (χ3v) is 7.41. The molecule has 1 aromatic heterocycles. The van der Waals surface area contributed by atoms with Crippen LogP contribution in [0, 0.1) is 0 Å². The fourth-order valence-corrected chi connectivity index (χ4v) is 5.33.